The first-order valence-corrected chi connectivity index (χ1v) is 8.73. The van der Waals surface area contributed by atoms with Gasteiger partial charge in [0.2, 0.25) is 0 Å². The van der Waals surface area contributed by atoms with E-state index in [2.05, 4.69) is 40.2 Å². The molecule has 0 atom stereocenters. The Balaban J connectivity index is 2.19. The van der Waals surface area contributed by atoms with Crippen molar-refractivity contribution in [1.29, 1.82) is 0 Å². The number of halogens is 2. The van der Waals surface area contributed by atoms with E-state index in [-0.39, 0.29) is 6.61 Å². The van der Waals surface area contributed by atoms with Gasteiger partial charge in [-0.1, -0.05) is 33.5 Å². The van der Waals surface area contributed by atoms with Crippen molar-refractivity contribution >= 4 is 33.2 Å². The van der Waals surface area contributed by atoms with E-state index >= 15 is 0 Å². The fraction of sp³-hybridized carbons (Fsp3) is 0.263. The molecule has 126 valence electrons. The zero-order valence-corrected chi connectivity index (χ0v) is 16.0. The van der Waals surface area contributed by atoms with Crippen LogP contribution in [-0.4, -0.2) is 13.2 Å². The lowest BCUT2D eigenvalue weighted by molar-refractivity contribution is 0.299. The van der Waals surface area contributed by atoms with Crippen molar-refractivity contribution in [1.82, 2.24) is 0 Å². The molecule has 0 aromatic heterocycles. The molecule has 0 aliphatic heterocycles. The quantitative estimate of drug-likeness (QED) is 0.619. The Bertz CT molecular complexity index is 756. The highest BCUT2D eigenvalue weighted by Crippen LogP contribution is 2.37. The highest BCUT2D eigenvalue weighted by Gasteiger charge is 2.12. The normalized spacial score (nSPS) is 10.1. The Hall–Kier alpha value is -1.83. The summed E-state index contributed by atoms with van der Waals surface area (Å²) < 4.78 is 12.2. The molecule has 2 aromatic rings. The Morgan fingerprint density at radius 1 is 1.25 bits per heavy atom. The van der Waals surface area contributed by atoms with Gasteiger partial charge in [-0.05, 0) is 55.3 Å². The van der Waals surface area contributed by atoms with Crippen LogP contribution in [0.2, 0.25) is 5.02 Å². The molecule has 0 heterocycles. The van der Waals surface area contributed by atoms with Gasteiger partial charge in [0.15, 0.2) is 11.5 Å². The molecule has 5 heteroatoms. The molecule has 0 bridgehead atoms. The number of aryl methyl sites for hydroxylation is 1. The minimum Gasteiger partial charge on any atom is -0.490 e. The van der Waals surface area contributed by atoms with Crippen molar-refractivity contribution in [2.45, 2.75) is 20.4 Å². The van der Waals surface area contributed by atoms with Crippen LogP contribution in [-0.2, 0) is 6.54 Å². The smallest absolute Gasteiger partial charge is 0.181 e. The second kappa shape index (κ2) is 8.86. The molecular weight excluding hydrogens is 390 g/mol. The summed E-state index contributed by atoms with van der Waals surface area (Å²) >= 11 is 9.80. The SMILES string of the molecule is C#CCOc1c(Cl)cc(CNc2ccc(Br)cc2C)cc1OCC. The molecule has 0 amide bonds. The first kappa shape index (κ1) is 18.5. The van der Waals surface area contributed by atoms with Gasteiger partial charge in [-0.25, -0.2) is 0 Å². The topological polar surface area (TPSA) is 30.5 Å². The average molecular weight is 409 g/mol. The molecular formula is C19H19BrClNO2. The number of rotatable bonds is 7. The van der Waals surface area contributed by atoms with E-state index in [4.69, 9.17) is 27.5 Å². The summed E-state index contributed by atoms with van der Waals surface area (Å²) in [5.41, 5.74) is 3.23. The van der Waals surface area contributed by atoms with Crippen LogP contribution >= 0.6 is 27.5 Å². The predicted octanol–water partition coefficient (Wildman–Crippen LogP) is 5.43. The summed E-state index contributed by atoms with van der Waals surface area (Å²) in [6, 6.07) is 9.89. The van der Waals surface area contributed by atoms with Gasteiger partial charge in [0, 0.05) is 16.7 Å². The summed E-state index contributed by atoms with van der Waals surface area (Å²) in [6.45, 7) is 5.26. The van der Waals surface area contributed by atoms with Gasteiger partial charge >= 0.3 is 0 Å². The molecule has 1 N–H and O–H groups in total. The van der Waals surface area contributed by atoms with Crippen LogP contribution in [0.3, 0.4) is 0 Å². The van der Waals surface area contributed by atoms with Crippen molar-refractivity contribution in [3.63, 3.8) is 0 Å². The van der Waals surface area contributed by atoms with Crippen LogP contribution in [0.5, 0.6) is 11.5 Å². The average Bonchev–Trinajstić information content (AvgIpc) is 2.53. The van der Waals surface area contributed by atoms with Crippen LogP contribution in [0.1, 0.15) is 18.1 Å². The third kappa shape index (κ3) is 4.83. The summed E-state index contributed by atoms with van der Waals surface area (Å²) in [5, 5.41) is 3.89. The Morgan fingerprint density at radius 2 is 2.04 bits per heavy atom. The van der Waals surface area contributed by atoms with Gasteiger partial charge in [0.1, 0.15) is 6.61 Å². The maximum atomic E-state index is 6.33. The Morgan fingerprint density at radius 3 is 2.71 bits per heavy atom. The third-order valence-electron chi connectivity index (χ3n) is 3.34. The number of benzene rings is 2. The largest absolute Gasteiger partial charge is 0.490 e. The number of ether oxygens (including phenoxy) is 2. The minimum absolute atomic E-state index is 0.148. The number of hydrogen-bond donors (Lipinski definition) is 1. The standard InChI is InChI=1S/C19H19BrClNO2/c1-4-8-24-19-16(21)10-14(11-18(19)23-5-2)12-22-17-7-6-15(20)9-13(17)3/h1,6-7,9-11,22H,5,8,12H2,2-3H3. The summed E-state index contributed by atoms with van der Waals surface area (Å²) in [4.78, 5) is 0. The molecule has 0 aliphatic rings. The van der Waals surface area contributed by atoms with E-state index in [1.165, 1.54) is 0 Å². The molecule has 0 radical (unpaired) electrons. The molecule has 3 nitrogen and oxygen atoms in total. The van der Waals surface area contributed by atoms with Crippen molar-refractivity contribution < 1.29 is 9.47 Å². The van der Waals surface area contributed by atoms with Crippen LogP contribution in [0, 0.1) is 19.3 Å². The molecule has 0 saturated carbocycles. The van der Waals surface area contributed by atoms with Crippen molar-refractivity contribution in [3.05, 3.63) is 51.0 Å². The first-order valence-electron chi connectivity index (χ1n) is 7.56. The van der Waals surface area contributed by atoms with Crippen molar-refractivity contribution in [2.75, 3.05) is 18.5 Å². The van der Waals surface area contributed by atoms with Crippen molar-refractivity contribution in [3.8, 4) is 23.8 Å². The van der Waals surface area contributed by atoms with Gasteiger partial charge in [-0.3, -0.25) is 0 Å². The second-order valence-electron chi connectivity index (χ2n) is 5.14. The monoisotopic (exact) mass is 407 g/mol. The number of nitrogens with one attached hydrogen (secondary N) is 1. The fourth-order valence-electron chi connectivity index (χ4n) is 2.26. The van der Waals surface area contributed by atoms with Gasteiger partial charge in [0.25, 0.3) is 0 Å². The first-order chi connectivity index (χ1) is 11.5. The molecule has 24 heavy (non-hydrogen) atoms. The Kier molecular flexibility index (Phi) is 6.84. The maximum Gasteiger partial charge on any atom is 0.181 e. The van der Waals surface area contributed by atoms with Crippen LogP contribution < -0.4 is 14.8 Å². The number of terminal acetylenes is 1. The molecule has 2 aromatic carbocycles. The van der Waals surface area contributed by atoms with Gasteiger partial charge in [-0.15, -0.1) is 6.42 Å². The third-order valence-corrected chi connectivity index (χ3v) is 4.11. The molecule has 0 saturated heterocycles. The van der Waals surface area contributed by atoms with Gasteiger partial charge in [-0.2, -0.15) is 0 Å². The predicted molar refractivity (Wildman–Crippen MR) is 103 cm³/mol. The molecule has 0 fully saturated rings. The zero-order chi connectivity index (χ0) is 17.5. The maximum absolute atomic E-state index is 6.33. The summed E-state index contributed by atoms with van der Waals surface area (Å²) in [5.74, 6) is 3.52. The lowest BCUT2D eigenvalue weighted by Gasteiger charge is -2.15. The lowest BCUT2D eigenvalue weighted by Crippen LogP contribution is -2.04. The number of hydrogen-bond acceptors (Lipinski definition) is 3. The molecule has 2 rings (SSSR count). The number of anilines is 1. The van der Waals surface area contributed by atoms with Gasteiger partial charge in [0.05, 0.1) is 11.6 Å². The molecule has 0 aliphatic carbocycles. The fourth-order valence-corrected chi connectivity index (χ4v) is 3.03. The van der Waals surface area contributed by atoms with E-state index in [9.17, 15) is 0 Å². The molecule has 0 spiro atoms. The summed E-state index contributed by atoms with van der Waals surface area (Å²) in [6.07, 6.45) is 5.24. The van der Waals surface area contributed by atoms with Crippen LogP contribution in [0.25, 0.3) is 0 Å². The highest BCUT2D eigenvalue weighted by atomic mass is 79.9. The van der Waals surface area contributed by atoms with E-state index in [1.807, 2.05) is 31.2 Å². The lowest BCUT2D eigenvalue weighted by atomic mass is 10.1. The Labute approximate surface area is 156 Å². The zero-order valence-electron chi connectivity index (χ0n) is 13.7. The summed E-state index contributed by atoms with van der Waals surface area (Å²) in [7, 11) is 0. The van der Waals surface area contributed by atoms with E-state index in [0.717, 1.165) is 21.3 Å². The second-order valence-corrected chi connectivity index (χ2v) is 6.47. The minimum atomic E-state index is 0.148. The van der Waals surface area contributed by atoms with E-state index in [1.54, 1.807) is 0 Å². The molecule has 0 unspecified atom stereocenters. The van der Waals surface area contributed by atoms with E-state index < -0.39 is 0 Å². The van der Waals surface area contributed by atoms with Crippen LogP contribution in [0.4, 0.5) is 5.69 Å². The highest BCUT2D eigenvalue weighted by molar-refractivity contribution is 9.10. The van der Waals surface area contributed by atoms with Crippen molar-refractivity contribution in [2.24, 2.45) is 0 Å². The van der Waals surface area contributed by atoms with E-state index in [0.29, 0.717) is 29.7 Å². The van der Waals surface area contributed by atoms with Gasteiger partial charge < -0.3 is 14.8 Å². The van der Waals surface area contributed by atoms with Crippen LogP contribution in [0.15, 0.2) is 34.8 Å².